The molecule has 2 aromatic rings. The van der Waals surface area contributed by atoms with Crippen molar-refractivity contribution >= 4 is 23.3 Å². The lowest BCUT2D eigenvalue weighted by Gasteiger charge is -2.26. The number of oxime groups is 1. The molecule has 2 aromatic carbocycles. The first kappa shape index (κ1) is 22.9. The van der Waals surface area contributed by atoms with Crippen molar-refractivity contribution in [2.45, 2.75) is 45.1 Å². The van der Waals surface area contributed by atoms with Crippen LogP contribution >= 0.6 is 11.6 Å². The van der Waals surface area contributed by atoms with E-state index in [1.807, 2.05) is 26.0 Å². The molecule has 1 aliphatic rings. The molecule has 9 heteroatoms. The Morgan fingerprint density at radius 2 is 1.84 bits per heavy atom. The molecule has 1 N–H and O–H groups in total. The maximum Gasteiger partial charge on any atom is 0.416 e. The topological polar surface area (TPSA) is 53.9 Å². The lowest BCUT2D eigenvalue weighted by molar-refractivity contribution is -0.137. The predicted molar refractivity (Wildman–Crippen MR) is 113 cm³/mol. The number of rotatable bonds is 6. The van der Waals surface area contributed by atoms with Crippen LogP contribution in [0.3, 0.4) is 0 Å². The number of carbonyl (C=O) groups excluding carboxylic acids is 1. The summed E-state index contributed by atoms with van der Waals surface area (Å²) in [6.45, 7) is 4.05. The quantitative estimate of drug-likeness (QED) is 0.630. The van der Waals surface area contributed by atoms with Crippen molar-refractivity contribution in [3.63, 3.8) is 0 Å². The molecule has 0 saturated carbocycles. The largest absolute Gasteiger partial charge is 0.416 e. The van der Waals surface area contributed by atoms with Crippen LogP contribution in [0.15, 0.2) is 53.7 Å². The highest BCUT2D eigenvalue weighted by atomic mass is 35.5. The van der Waals surface area contributed by atoms with Crippen LogP contribution in [0.2, 0.25) is 5.02 Å². The lowest BCUT2D eigenvalue weighted by atomic mass is 10.0. The summed E-state index contributed by atoms with van der Waals surface area (Å²) in [7, 11) is 0. The minimum absolute atomic E-state index is 0.0898. The van der Waals surface area contributed by atoms with E-state index in [0.717, 1.165) is 23.4 Å². The highest BCUT2D eigenvalue weighted by molar-refractivity contribution is 6.30. The van der Waals surface area contributed by atoms with Crippen molar-refractivity contribution in [1.82, 2.24) is 10.2 Å². The Kier molecular flexibility index (Phi) is 7.10. The van der Waals surface area contributed by atoms with E-state index in [9.17, 15) is 18.0 Å². The number of alkyl halides is 3. The number of urea groups is 1. The third-order valence-corrected chi connectivity index (χ3v) is 4.94. The van der Waals surface area contributed by atoms with E-state index in [2.05, 4.69) is 10.5 Å². The molecule has 3 rings (SSSR count). The monoisotopic (exact) mass is 453 g/mol. The number of hydrogen-bond acceptors (Lipinski definition) is 3. The van der Waals surface area contributed by atoms with E-state index < -0.39 is 11.7 Å². The maximum absolute atomic E-state index is 12.8. The lowest BCUT2D eigenvalue weighted by Crippen LogP contribution is -2.45. The molecule has 5 nitrogen and oxygen atoms in total. The van der Waals surface area contributed by atoms with Gasteiger partial charge in [0, 0.05) is 24.0 Å². The van der Waals surface area contributed by atoms with Crippen LogP contribution in [-0.2, 0) is 17.6 Å². The van der Waals surface area contributed by atoms with E-state index in [0.29, 0.717) is 17.0 Å². The number of halogens is 4. The molecule has 1 aliphatic heterocycles. The Morgan fingerprint density at radius 1 is 1.19 bits per heavy atom. The molecule has 0 bridgehead atoms. The predicted octanol–water partition coefficient (Wildman–Crippen LogP) is 5.47. The molecule has 0 aliphatic carbocycles. The average molecular weight is 454 g/mol. The zero-order valence-corrected chi connectivity index (χ0v) is 17.9. The van der Waals surface area contributed by atoms with Gasteiger partial charge in [-0.05, 0) is 49.2 Å². The van der Waals surface area contributed by atoms with Crippen molar-refractivity contribution in [2.24, 2.45) is 5.16 Å². The van der Waals surface area contributed by atoms with Crippen molar-refractivity contribution in [2.75, 3.05) is 6.54 Å². The summed E-state index contributed by atoms with van der Waals surface area (Å²) >= 11 is 5.92. The SMILES string of the molecule is CC(C)NC(=O)N(Cc1ccc(C(F)(F)F)cc1)C[C@@H]1CC(c2ccc(Cl)cc2)=NO1. The molecule has 0 radical (unpaired) electrons. The molecule has 166 valence electrons. The van der Waals surface area contributed by atoms with Gasteiger partial charge in [-0.1, -0.05) is 41.0 Å². The van der Waals surface area contributed by atoms with Crippen LogP contribution in [0.5, 0.6) is 0 Å². The standard InChI is InChI=1S/C22H23ClF3N3O2/c1-14(2)27-21(30)29(12-15-3-7-17(8-4-15)22(24,25)26)13-19-11-20(28-31-19)16-5-9-18(23)10-6-16/h3-10,14,19H,11-13H2,1-2H3,(H,27,30)/t19-/m0/s1. The second kappa shape index (κ2) is 9.60. The minimum Gasteiger partial charge on any atom is -0.390 e. The molecule has 0 aromatic heterocycles. The fourth-order valence-electron chi connectivity index (χ4n) is 3.16. The fraction of sp³-hybridized carbons (Fsp3) is 0.364. The van der Waals surface area contributed by atoms with Gasteiger partial charge >= 0.3 is 12.2 Å². The van der Waals surface area contributed by atoms with E-state index in [4.69, 9.17) is 16.4 Å². The van der Waals surface area contributed by atoms with Crippen LogP contribution in [0.25, 0.3) is 0 Å². The Labute approximate surface area is 183 Å². The van der Waals surface area contributed by atoms with Gasteiger partial charge in [0.2, 0.25) is 0 Å². The minimum atomic E-state index is -4.40. The Hall–Kier alpha value is -2.74. The number of nitrogens with zero attached hydrogens (tertiary/aromatic N) is 2. The van der Waals surface area contributed by atoms with E-state index in [1.165, 1.54) is 17.0 Å². The summed E-state index contributed by atoms with van der Waals surface area (Å²) < 4.78 is 38.4. The van der Waals surface area contributed by atoms with Gasteiger partial charge in [-0.2, -0.15) is 13.2 Å². The van der Waals surface area contributed by atoms with Crippen molar-refractivity contribution in [1.29, 1.82) is 0 Å². The first-order valence-corrected chi connectivity index (χ1v) is 10.2. The molecule has 31 heavy (non-hydrogen) atoms. The van der Waals surface area contributed by atoms with Crippen LogP contribution in [-0.4, -0.2) is 35.3 Å². The van der Waals surface area contributed by atoms with Crippen molar-refractivity contribution < 1.29 is 22.8 Å². The molecule has 0 spiro atoms. The number of benzene rings is 2. The van der Waals surface area contributed by atoms with Gasteiger partial charge in [-0.3, -0.25) is 0 Å². The number of amides is 2. The Morgan fingerprint density at radius 3 is 2.42 bits per heavy atom. The number of carbonyl (C=O) groups is 1. The number of nitrogens with one attached hydrogen (secondary N) is 1. The summed E-state index contributed by atoms with van der Waals surface area (Å²) in [6, 6.07) is 11.6. The van der Waals surface area contributed by atoms with Gasteiger partial charge in [-0.25, -0.2) is 4.79 Å². The van der Waals surface area contributed by atoms with E-state index in [-0.39, 0.29) is 31.3 Å². The van der Waals surface area contributed by atoms with Gasteiger partial charge in [0.15, 0.2) is 6.10 Å². The van der Waals surface area contributed by atoms with Gasteiger partial charge in [0.05, 0.1) is 17.8 Å². The summed E-state index contributed by atoms with van der Waals surface area (Å²) in [5.41, 5.74) is 1.49. The van der Waals surface area contributed by atoms with Crippen molar-refractivity contribution in [3.8, 4) is 0 Å². The van der Waals surface area contributed by atoms with Crippen LogP contribution in [0.1, 0.15) is 37.0 Å². The smallest absolute Gasteiger partial charge is 0.390 e. The van der Waals surface area contributed by atoms with Gasteiger partial charge < -0.3 is 15.1 Å². The second-order valence-electron chi connectivity index (χ2n) is 7.66. The normalized spacial score (nSPS) is 16.1. The third-order valence-electron chi connectivity index (χ3n) is 4.69. The second-order valence-corrected chi connectivity index (χ2v) is 8.09. The molecule has 0 unspecified atom stereocenters. The molecule has 0 fully saturated rings. The van der Waals surface area contributed by atoms with Gasteiger partial charge in [0.25, 0.3) is 0 Å². The maximum atomic E-state index is 12.8. The molecule has 2 amide bonds. The van der Waals surface area contributed by atoms with Gasteiger partial charge in [-0.15, -0.1) is 0 Å². The number of hydrogen-bond donors (Lipinski definition) is 1. The highest BCUT2D eigenvalue weighted by Gasteiger charge is 2.30. The molecule has 1 heterocycles. The third kappa shape index (κ3) is 6.37. The van der Waals surface area contributed by atoms with Crippen LogP contribution in [0, 0.1) is 0 Å². The summed E-state index contributed by atoms with van der Waals surface area (Å²) in [4.78, 5) is 19.7. The van der Waals surface area contributed by atoms with Crippen molar-refractivity contribution in [3.05, 3.63) is 70.2 Å². The van der Waals surface area contributed by atoms with E-state index >= 15 is 0 Å². The average Bonchev–Trinajstić information content (AvgIpc) is 3.16. The first-order valence-electron chi connectivity index (χ1n) is 9.82. The highest BCUT2D eigenvalue weighted by Crippen LogP contribution is 2.29. The molecule has 1 atom stereocenters. The molecule has 0 saturated heterocycles. The van der Waals surface area contributed by atoms with Crippen LogP contribution in [0.4, 0.5) is 18.0 Å². The van der Waals surface area contributed by atoms with Crippen LogP contribution < -0.4 is 5.32 Å². The summed E-state index contributed by atoms with van der Waals surface area (Å²) in [6.07, 6.45) is -4.27. The molecular weight excluding hydrogens is 431 g/mol. The van der Waals surface area contributed by atoms with E-state index in [1.54, 1.807) is 12.1 Å². The zero-order valence-electron chi connectivity index (χ0n) is 17.1. The Bertz CT molecular complexity index is 929. The Balaban J connectivity index is 1.68. The van der Waals surface area contributed by atoms with Gasteiger partial charge in [0.1, 0.15) is 0 Å². The summed E-state index contributed by atoms with van der Waals surface area (Å²) in [5, 5.41) is 7.57. The molecular formula is C22H23ClF3N3O2. The fourth-order valence-corrected chi connectivity index (χ4v) is 3.29. The zero-order chi connectivity index (χ0) is 22.6. The summed E-state index contributed by atoms with van der Waals surface area (Å²) in [5.74, 6) is 0. The first-order chi connectivity index (χ1) is 14.6.